The summed E-state index contributed by atoms with van der Waals surface area (Å²) in [7, 11) is 1.69. The molecular weight excluding hydrogens is 448 g/mol. The monoisotopic (exact) mass is 482 g/mol. The molecule has 5 heteroatoms. The van der Waals surface area contributed by atoms with Crippen LogP contribution in [0.2, 0.25) is 0 Å². The normalized spacial score (nSPS) is 13.6. The number of allylic oxidation sites excluding steroid dienone is 2. The Labute approximate surface area is 212 Å². The van der Waals surface area contributed by atoms with E-state index in [-0.39, 0.29) is 6.61 Å². The van der Waals surface area contributed by atoms with Crippen LogP contribution in [0.3, 0.4) is 0 Å². The first-order valence-electron chi connectivity index (χ1n) is 12.7. The fraction of sp³-hybridized carbons (Fsp3) is 0.290. The second kappa shape index (κ2) is 11.6. The van der Waals surface area contributed by atoms with E-state index in [1.165, 1.54) is 44.2 Å². The molecule has 0 saturated heterocycles. The highest BCUT2D eigenvalue weighted by Crippen LogP contribution is 2.33. The van der Waals surface area contributed by atoms with Gasteiger partial charge in [0.25, 0.3) is 0 Å². The number of para-hydroxylation sites is 2. The van der Waals surface area contributed by atoms with Crippen LogP contribution in [0, 0.1) is 0 Å². The van der Waals surface area contributed by atoms with Crippen LogP contribution in [0.4, 0.5) is 5.69 Å². The summed E-state index contributed by atoms with van der Waals surface area (Å²) in [4.78, 5) is 2.34. The van der Waals surface area contributed by atoms with E-state index < -0.39 is 0 Å². The van der Waals surface area contributed by atoms with E-state index in [0.29, 0.717) is 19.8 Å². The Morgan fingerprint density at radius 3 is 2.58 bits per heavy atom. The van der Waals surface area contributed by atoms with Gasteiger partial charge in [-0.1, -0.05) is 60.7 Å². The summed E-state index contributed by atoms with van der Waals surface area (Å²) in [6.45, 7) is 4.62. The zero-order valence-electron chi connectivity index (χ0n) is 20.9. The third-order valence-electron chi connectivity index (χ3n) is 6.82. The standard InChI is InChI=1S/C31H34N2O3/c1-35-21-22-36-20-18-33-30-10-5-3-8-27(30)28-23-24(12-14-31(28)33)11-13-25-15-17-32(16-6-19-34)29-9-4-2-7-26(25)29/h2-5,7-15,23,34H,6,16-22H2,1H3. The minimum absolute atomic E-state index is 0.217. The van der Waals surface area contributed by atoms with Crippen LogP contribution in [0.25, 0.3) is 33.5 Å². The first-order chi connectivity index (χ1) is 17.8. The van der Waals surface area contributed by atoms with Crippen molar-refractivity contribution in [2.45, 2.75) is 13.0 Å². The number of aromatic nitrogens is 1. The number of aliphatic hydroxyl groups excluding tert-OH is 1. The largest absolute Gasteiger partial charge is 0.396 e. The van der Waals surface area contributed by atoms with Crippen molar-refractivity contribution >= 4 is 39.1 Å². The quantitative estimate of drug-likeness (QED) is 0.276. The van der Waals surface area contributed by atoms with Crippen LogP contribution in [0.5, 0.6) is 0 Å². The van der Waals surface area contributed by atoms with Gasteiger partial charge in [-0.25, -0.2) is 0 Å². The lowest BCUT2D eigenvalue weighted by Crippen LogP contribution is -2.28. The van der Waals surface area contributed by atoms with E-state index in [1.54, 1.807) is 7.11 Å². The third-order valence-corrected chi connectivity index (χ3v) is 6.82. The van der Waals surface area contributed by atoms with Crippen molar-refractivity contribution < 1.29 is 14.6 Å². The fourth-order valence-electron chi connectivity index (χ4n) is 5.04. The maximum Gasteiger partial charge on any atom is 0.0701 e. The molecule has 2 heterocycles. The molecule has 1 aliphatic heterocycles. The van der Waals surface area contributed by atoms with Crippen molar-refractivity contribution in [3.8, 4) is 0 Å². The highest BCUT2D eigenvalue weighted by molar-refractivity contribution is 6.08. The molecule has 0 atom stereocenters. The van der Waals surface area contributed by atoms with Gasteiger partial charge < -0.3 is 24.0 Å². The average Bonchev–Trinajstić information content (AvgIpc) is 3.24. The number of hydrogen-bond acceptors (Lipinski definition) is 4. The third kappa shape index (κ3) is 5.09. The van der Waals surface area contributed by atoms with Gasteiger partial charge in [0, 0.05) is 66.4 Å². The van der Waals surface area contributed by atoms with E-state index in [1.807, 2.05) is 0 Å². The van der Waals surface area contributed by atoms with Crippen molar-refractivity contribution in [1.29, 1.82) is 0 Å². The number of fused-ring (bicyclic) bond motifs is 4. The van der Waals surface area contributed by atoms with Crippen molar-refractivity contribution in [2.75, 3.05) is 51.5 Å². The zero-order chi connectivity index (χ0) is 24.7. The maximum absolute atomic E-state index is 9.26. The van der Waals surface area contributed by atoms with Crippen molar-refractivity contribution in [2.24, 2.45) is 0 Å². The number of benzene rings is 3. The molecule has 0 saturated carbocycles. The lowest BCUT2D eigenvalue weighted by atomic mass is 9.97. The molecule has 1 N–H and O–H groups in total. The molecule has 1 aromatic heterocycles. The summed E-state index contributed by atoms with van der Waals surface area (Å²) in [6, 6.07) is 23.8. The van der Waals surface area contributed by atoms with Crippen LogP contribution in [-0.2, 0) is 16.0 Å². The molecule has 1 aliphatic rings. The predicted octanol–water partition coefficient (Wildman–Crippen LogP) is 5.76. The lowest BCUT2D eigenvalue weighted by Gasteiger charge is -2.30. The van der Waals surface area contributed by atoms with Crippen LogP contribution in [0.15, 0.2) is 78.9 Å². The number of methoxy groups -OCH3 is 1. The summed E-state index contributed by atoms with van der Waals surface area (Å²) in [5.74, 6) is 0. The van der Waals surface area contributed by atoms with Crippen molar-refractivity contribution in [1.82, 2.24) is 4.57 Å². The first kappa shape index (κ1) is 24.3. The molecule has 0 fully saturated rings. The molecule has 0 bridgehead atoms. The summed E-state index contributed by atoms with van der Waals surface area (Å²) in [5, 5.41) is 11.8. The Bertz CT molecular complexity index is 1390. The second-order valence-electron chi connectivity index (χ2n) is 9.08. The van der Waals surface area contributed by atoms with Crippen LogP contribution >= 0.6 is 0 Å². The Kier molecular flexibility index (Phi) is 7.82. The average molecular weight is 483 g/mol. The minimum atomic E-state index is 0.217. The molecule has 0 aliphatic carbocycles. The fourth-order valence-corrected chi connectivity index (χ4v) is 5.04. The molecular formula is C31H34N2O3. The van der Waals surface area contributed by atoms with Gasteiger partial charge in [-0.3, -0.25) is 0 Å². The minimum Gasteiger partial charge on any atom is -0.396 e. The van der Waals surface area contributed by atoms with Gasteiger partial charge >= 0.3 is 0 Å². The van der Waals surface area contributed by atoms with Crippen LogP contribution in [-0.4, -0.2) is 56.3 Å². The Morgan fingerprint density at radius 1 is 0.861 bits per heavy atom. The number of aliphatic hydroxyl groups is 1. The number of rotatable bonds is 11. The Morgan fingerprint density at radius 2 is 1.69 bits per heavy atom. The molecule has 4 aromatic rings. The maximum atomic E-state index is 9.26. The lowest BCUT2D eigenvalue weighted by molar-refractivity contribution is 0.0673. The zero-order valence-corrected chi connectivity index (χ0v) is 20.9. The summed E-state index contributed by atoms with van der Waals surface area (Å²) >= 11 is 0. The Balaban J connectivity index is 1.41. The van der Waals surface area contributed by atoms with E-state index in [4.69, 9.17) is 9.47 Å². The summed E-state index contributed by atoms with van der Waals surface area (Å²) in [6.07, 6.45) is 7.50. The summed E-state index contributed by atoms with van der Waals surface area (Å²) < 4.78 is 13.2. The molecule has 0 spiro atoms. The molecule has 36 heavy (non-hydrogen) atoms. The smallest absolute Gasteiger partial charge is 0.0701 e. The first-order valence-corrected chi connectivity index (χ1v) is 12.7. The summed E-state index contributed by atoms with van der Waals surface area (Å²) in [5.41, 5.74) is 7.36. The van der Waals surface area contributed by atoms with Gasteiger partial charge in [-0.05, 0) is 41.8 Å². The second-order valence-corrected chi connectivity index (χ2v) is 9.08. The molecule has 0 radical (unpaired) electrons. The Hall–Kier alpha value is -3.38. The van der Waals surface area contributed by atoms with E-state index in [9.17, 15) is 5.11 Å². The topological polar surface area (TPSA) is 46.9 Å². The van der Waals surface area contributed by atoms with Crippen LogP contribution < -0.4 is 4.90 Å². The van der Waals surface area contributed by atoms with Crippen molar-refractivity contribution in [3.05, 3.63) is 90.0 Å². The highest BCUT2D eigenvalue weighted by atomic mass is 16.5. The highest BCUT2D eigenvalue weighted by Gasteiger charge is 2.16. The number of ether oxygens (including phenoxy) is 2. The van der Waals surface area contributed by atoms with E-state index in [2.05, 4.69) is 94.4 Å². The number of anilines is 1. The van der Waals surface area contributed by atoms with Gasteiger partial charge in [0.15, 0.2) is 0 Å². The molecule has 0 unspecified atom stereocenters. The van der Waals surface area contributed by atoms with Crippen LogP contribution in [0.1, 0.15) is 17.5 Å². The molecule has 0 amide bonds. The SMILES string of the molecule is COCCOCCn1c2ccccc2c2cc(C=CC3=CCN(CCCO)c4ccccc43)ccc21. The van der Waals surface area contributed by atoms with Gasteiger partial charge in [-0.15, -0.1) is 0 Å². The van der Waals surface area contributed by atoms with Crippen molar-refractivity contribution in [3.63, 3.8) is 0 Å². The van der Waals surface area contributed by atoms with Gasteiger partial charge in [-0.2, -0.15) is 0 Å². The number of nitrogens with zero attached hydrogens (tertiary/aromatic N) is 2. The molecule has 5 nitrogen and oxygen atoms in total. The molecule has 5 rings (SSSR count). The van der Waals surface area contributed by atoms with E-state index in [0.717, 1.165) is 26.1 Å². The van der Waals surface area contributed by atoms with Gasteiger partial charge in [0.05, 0.1) is 19.8 Å². The molecule has 3 aromatic carbocycles. The predicted molar refractivity (Wildman–Crippen MR) is 150 cm³/mol. The van der Waals surface area contributed by atoms with E-state index >= 15 is 0 Å². The van der Waals surface area contributed by atoms with Gasteiger partial charge in [0.1, 0.15) is 0 Å². The van der Waals surface area contributed by atoms with Gasteiger partial charge in [0.2, 0.25) is 0 Å². The molecule has 186 valence electrons. The number of hydrogen-bond donors (Lipinski definition) is 1.